The van der Waals surface area contributed by atoms with Gasteiger partial charge in [0.05, 0.1) is 19.2 Å². The molecule has 1 aliphatic rings. The third-order valence-corrected chi connectivity index (χ3v) is 2.18. The Bertz CT molecular complexity index is 383. The molecule has 0 aromatic heterocycles. The van der Waals surface area contributed by atoms with Gasteiger partial charge in [-0.1, -0.05) is 0 Å². The summed E-state index contributed by atoms with van der Waals surface area (Å²) in [7, 11) is 1.61. The predicted octanol–water partition coefficient (Wildman–Crippen LogP) is 1.93. The van der Waals surface area contributed by atoms with Gasteiger partial charge >= 0.3 is 0 Å². The average molecular weight is 177 g/mol. The molecule has 3 nitrogen and oxygen atoms in total. The van der Waals surface area contributed by atoms with Gasteiger partial charge in [0, 0.05) is 0 Å². The minimum Gasteiger partial charge on any atom is -0.508 e. The van der Waals surface area contributed by atoms with E-state index >= 15 is 0 Å². The lowest BCUT2D eigenvalue weighted by molar-refractivity contribution is 0.396. The van der Waals surface area contributed by atoms with Crippen molar-refractivity contribution in [2.75, 3.05) is 7.11 Å². The summed E-state index contributed by atoms with van der Waals surface area (Å²) < 4.78 is 5.06. The van der Waals surface area contributed by atoms with Crippen molar-refractivity contribution >= 4 is 11.6 Å². The third-order valence-electron chi connectivity index (χ3n) is 2.18. The molecule has 0 atom stereocenters. The Morgan fingerprint density at radius 1 is 1.46 bits per heavy atom. The Morgan fingerprint density at radius 3 is 2.92 bits per heavy atom. The number of methoxy groups -OCH3 is 1. The van der Waals surface area contributed by atoms with Gasteiger partial charge in [0.1, 0.15) is 5.75 Å². The molecule has 0 bridgehead atoms. The van der Waals surface area contributed by atoms with Crippen LogP contribution in [0.5, 0.6) is 5.75 Å². The number of fused-ring (bicyclic) bond motifs is 1. The Labute approximate surface area is 76.7 Å². The van der Waals surface area contributed by atoms with Gasteiger partial charge in [0.25, 0.3) is 0 Å². The van der Waals surface area contributed by atoms with Crippen molar-refractivity contribution in [2.45, 2.75) is 13.3 Å². The quantitative estimate of drug-likeness (QED) is 0.658. The second kappa shape index (κ2) is 2.76. The highest BCUT2D eigenvalue weighted by Gasteiger charge is 2.17. The van der Waals surface area contributed by atoms with Gasteiger partial charge in [-0.05, 0) is 30.2 Å². The number of aliphatic imine (C=N–C) groups is 1. The summed E-state index contributed by atoms with van der Waals surface area (Å²) in [5.74, 6) is 1.01. The molecule has 0 amide bonds. The van der Waals surface area contributed by atoms with Crippen molar-refractivity contribution in [3.05, 3.63) is 23.3 Å². The average Bonchev–Trinajstić information content (AvgIpc) is 2.47. The zero-order valence-corrected chi connectivity index (χ0v) is 7.66. The first-order valence-electron chi connectivity index (χ1n) is 4.15. The first-order chi connectivity index (χ1) is 6.20. The van der Waals surface area contributed by atoms with Crippen LogP contribution in [-0.2, 0) is 11.2 Å². The Kier molecular flexibility index (Phi) is 1.72. The van der Waals surface area contributed by atoms with Crippen LogP contribution in [0.25, 0.3) is 0 Å². The summed E-state index contributed by atoms with van der Waals surface area (Å²) in [6, 6.07) is 3.44. The molecule has 1 aliphatic heterocycles. The van der Waals surface area contributed by atoms with Gasteiger partial charge in [-0.15, -0.1) is 0 Å². The van der Waals surface area contributed by atoms with Crippen molar-refractivity contribution in [1.29, 1.82) is 0 Å². The Hall–Kier alpha value is -1.51. The largest absolute Gasteiger partial charge is 0.508 e. The molecule has 1 heterocycles. The first-order valence-corrected chi connectivity index (χ1v) is 4.15. The normalized spacial score (nSPS) is 13.8. The Balaban J connectivity index is 2.50. The van der Waals surface area contributed by atoms with E-state index in [1.807, 2.05) is 6.92 Å². The topological polar surface area (TPSA) is 41.8 Å². The maximum atomic E-state index is 9.34. The van der Waals surface area contributed by atoms with Crippen molar-refractivity contribution in [2.24, 2.45) is 4.99 Å². The van der Waals surface area contributed by atoms with Crippen LogP contribution in [0.15, 0.2) is 17.1 Å². The molecule has 1 aromatic carbocycles. The molecule has 0 radical (unpaired) electrons. The van der Waals surface area contributed by atoms with Gasteiger partial charge in [0.15, 0.2) is 5.90 Å². The molecular weight excluding hydrogens is 166 g/mol. The molecule has 0 saturated carbocycles. The third kappa shape index (κ3) is 1.26. The van der Waals surface area contributed by atoms with Crippen molar-refractivity contribution in [3.63, 3.8) is 0 Å². The van der Waals surface area contributed by atoms with Crippen molar-refractivity contribution < 1.29 is 9.84 Å². The molecule has 2 rings (SSSR count). The Morgan fingerprint density at radius 2 is 2.23 bits per heavy atom. The van der Waals surface area contributed by atoms with E-state index in [1.54, 1.807) is 19.2 Å². The smallest absolute Gasteiger partial charge is 0.192 e. The van der Waals surface area contributed by atoms with Crippen LogP contribution >= 0.6 is 0 Å². The van der Waals surface area contributed by atoms with Gasteiger partial charge < -0.3 is 9.84 Å². The highest BCUT2D eigenvalue weighted by Crippen LogP contribution is 2.33. The van der Waals surface area contributed by atoms with Crippen molar-refractivity contribution in [1.82, 2.24) is 0 Å². The highest BCUT2D eigenvalue weighted by atomic mass is 16.5. The number of hydrogen-bond donors (Lipinski definition) is 1. The van der Waals surface area contributed by atoms with E-state index in [0.29, 0.717) is 18.1 Å². The predicted molar refractivity (Wildman–Crippen MR) is 50.7 cm³/mol. The fourth-order valence-electron chi connectivity index (χ4n) is 1.57. The first kappa shape index (κ1) is 8.10. The zero-order valence-electron chi connectivity index (χ0n) is 7.66. The number of aryl methyl sites for hydroxylation is 1. The van der Waals surface area contributed by atoms with Gasteiger partial charge in [-0.25, -0.2) is 4.99 Å². The summed E-state index contributed by atoms with van der Waals surface area (Å²) in [4.78, 5) is 4.29. The fourth-order valence-corrected chi connectivity index (χ4v) is 1.57. The molecular formula is C10H11NO2. The van der Waals surface area contributed by atoms with Crippen LogP contribution in [0.2, 0.25) is 0 Å². The zero-order chi connectivity index (χ0) is 9.42. The monoisotopic (exact) mass is 177 g/mol. The highest BCUT2D eigenvalue weighted by molar-refractivity contribution is 5.88. The summed E-state index contributed by atoms with van der Waals surface area (Å²) in [6.45, 7) is 1.93. The molecule has 0 saturated heterocycles. The van der Waals surface area contributed by atoms with Crippen LogP contribution < -0.4 is 0 Å². The van der Waals surface area contributed by atoms with Gasteiger partial charge in [-0.2, -0.15) is 0 Å². The summed E-state index contributed by atoms with van der Waals surface area (Å²) in [6.07, 6.45) is 0.682. The van der Waals surface area contributed by atoms with Gasteiger partial charge in [-0.3, -0.25) is 0 Å². The number of rotatable bonds is 0. The molecule has 1 N–H and O–H groups in total. The molecule has 0 fully saturated rings. The van der Waals surface area contributed by atoms with E-state index in [4.69, 9.17) is 4.74 Å². The molecule has 3 heteroatoms. The second-order valence-corrected chi connectivity index (χ2v) is 3.16. The van der Waals surface area contributed by atoms with E-state index in [-0.39, 0.29) is 0 Å². The van der Waals surface area contributed by atoms with Crippen molar-refractivity contribution in [3.8, 4) is 5.75 Å². The van der Waals surface area contributed by atoms with Crippen LogP contribution in [0, 0.1) is 6.92 Å². The van der Waals surface area contributed by atoms with Crippen LogP contribution in [0.4, 0.5) is 5.69 Å². The molecule has 1 aromatic rings. The number of nitrogens with zero attached hydrogens (tertiary/aromatic N) is 1. The number of ether oxygens (including phenoxy) is 1. The SMILES string of the molecule is COC1=Nc2c(C)cc(O)cc2C1. The summed E-state index contributed by atoms with van der Waals surface area (Å²) in [5.41, 5.74) is 2.96. The van der Waals surface area contributed by atoms with E-state index in [2.05, 4.69) is 4.99 Å². The van der Waals surface area contributed by atoms with E-state index in [0.717, 1.165) is 16.8 Å². The summed E-state index contributed by atoms with van der Waals surface area (Å²) >= 11 is 0. The number of phenols is 1. The molecule has 13 heavy (non-hydrogen) atoms. The van der Waals surface area contributed by atoms with Crippen LogP contribution in [-0.4, -0.2) is 18.1 Å². The standard InChI is InChI=1S/C10H11NO2/c1-6-3-8(12)4-7-5-9(13-2)11-10(6)7/h3-4,12H,5H2,1-2H3. The maximum Gasteiger partial charge on any atom is 0.192 e. The molecule has 68 valence electrons. The number of hydrogen-bond acceptors (Lipinski definition) is 3. The molecule has 0 spiro atoms. The lowest BCUT2D eigenvalue weighted by Crippen LogP contribution is -1.98. The number of benzene rings is 1. The summed E-state index contributed by atoms with van der Waals surface area (Å²) in [5, 5.41) is 9.34. The minimum absolute atomic E-state index is 0.295. The molecule has 0 unspecified atom stereocenters. The molecule has 0 aliphatic carbocycles. The van der Waals surface area contributed by atoms with Crippen LogP contribution in [0.1, 0.15) is 11.1 Å². The van der Waals surface area contributed by atoms with E-state index < -0.39 is 0 Å². The second-order valence-electron chi connectivity index (χ2n) is 3.16. The number of aromatic hydroxyl groups is 1. The lowest BCUT2D eigenvalue weighted by atomic mass is 10.1. The lowest BCUT2D eigenvalue weighted by Gasteiger charge is -2.01. The van der Waals surface area contributed by atoms with E-state index in [9.17, 15) is 5.11 Å². The number of phenolic OH excluding ortho intramolecular Hbond substituents is 1. The minimum atomic E-state index is 0.295. The van der Waals surface area contributed by atoms with Crippen LogP contribution in [0.3, 0.4) is 0 Å². The maximum absolute atomic E-state index is 9.34. The van der Waals surface area contributed by atoms with E-state index in [1.165, 1.54) is 0 Å². The fraction of sp³-hybridized carbons (Fsp3) is 0.300. The van der Waals surface area contributed by atoms with Gasteiger partial charge in [0.2, 0.25) is 0 Å².